The zero-order valence-electron chi connectivity index (χ0n) is 12.5. The lowest BCUT2D eigenvalue weighted by atomic mass is 10.2. The van der Waals surface area contributed by atoms with E-state index in [0.29, 0.717) is 16.9 Å². The van der Waals surface area contributed by atoms with Crippen LogP contribution >= 0.6 is 28.3 Å². The van der Waals surface area contributed by atoms with E-state index < -0.39 is 10.0 Å². The smallest absolute Gasteiger partial charge is 0.240 e. The van der Waals surface area contributed by atoms with Gasteiger partial charge >= 0.3 is 0 Å². The summed E-state index contributed by atoms with van der Waals surface area (Å²) in [5, 5.41) is 2.73. The molecule has 2 rings (SSSR count). The summed E-state index contributed by atoms with van der Waals surface area (Å²) in [6.45, 7) is 0.501. The van der Waals surface area contributed by atoms with Crippen molar-refractivity contribution in [2.75, 3.05) is 13.1 Å². The number of amides is 1. The number of benzene rings is 1. The maximum atomic E-state index is 12.0. The van der Waals surface area contributed by atoms with Crippen molar-refractivity contribution in [3.05, 3.63) is 28.7 Å². The third-order valence-corrected chi connectivity index (χ3v) is 5.46. The quantitative estimate of drug-likeness (QED) is 0.584. The number of hydrogen-bond acceptors (Lipinski definition) is 4. The number of hydrogen-bond donors (Lipinski definition) is 3. The lowest BCUT2D eigenvalue weighted by molar-refractivity contribution is -0.121. The number of rotatable bonds is 8. The largest absolute Gasteiger partial charge is 0.354 e. The summed E-state index contributed by atoms with van der Waals surface area (Å²) in [7, 11) is -3.60. The summed E-state index contributed by atoms with van der Waals surface area (Å²) >= 11 is 3.23. The molecular formula is C14H21BrClN3O3S. The lowest BCUT2D eigenvalue weighted by Crippen LogP contribution is -2.39. The first-order chi connectivity index (χ1) is 10.4. The fraction of sp³-hybridized carbons (Fsp3) is 0.500. The molecule has 0 saturated heterocycles. The highest BCUT2D eigenvalue weighted by atomic mass is 79.9. The normalized spacial score (nSPS) is 15.6. The molecule has 6 nitrogen and oxygen atoms in total. The second-order valence-electron chi connectivity index (χ2n) is 5.41. The molecule has 0 aromatic heterocycles. The second kappa shape index (κ2) is 8.98. The van der Waals surface area contributed by atoms with Crippen molar-refractivity contribution >= 4 is 44.3 Å². The SMILES string of the molecule is Cl.NC(CNC(=O)CCNS(=O)(=O)c1cccc(Br)c1)C1CC1. The average Bonchev–Trinajstić information content (AvgIpc) is 3.29. The van der Waals surface area contributed by atoms with Crippen LogP contribution in [0.5, 0.6) is 0 Å². The molecular weight excluding hydrogens is 406 g/mol. The van der Waals surface area contributed by atoms with E-state index in [1.54, 1.807) is 12.1 Å². The zero-order valence-corrected chi connectivity index (χ0v) is 15.7. The third-order valence-electron chi connectivity index (χ3n) is 3.51. The van der Waals surface area contributed by atoms with Crippen LogP contribution in [0.15, 0.2) is 33.6 Å². The maximum Gasteiger partial charge on any atom is 0.240 e. The number of carbonyl (C=O) groups excluding carboxylic acids is 1. The minimum atomic E-state index is -3.60. The van der Waals surface area contributed by atoms with Crippen molar-refractivity contribution < 1.29 is 13.2 Å². The molecule has 1 aromatic rings. The van der Waals surface area contributed by atoms with Gasteiger partial charge in [-0.05, 0) is 37.0 Å². The Bertz CT molecular complexity index is 638. The van der Waals surface area contributed by atoms with E-state index >= 15 is 0 Å². The molecule has 0 radical (unpaired) electrons. The topological polar surface area (TPSA) is 101 Å². The van der Waals surface area contributed by atoms with Crippen LogP contribution in [0.3, 0.4) is 0 Å². The van der Waals surface area contributed by atoms with Crippen molar-refractivity contribution in [1.29, 1.82) is 0 Å². The maximum absolute atomic E-state index is 12.0. The highest BCUT2D eigenvalue weighted by Crippen LogP contribution is 2.31. The molecule has 0 heterocycles. The Morgan fingerprint density at radius 3 is 2.70 bits per heavy atom. The summed E-state index contributed by atoms with van der Waals surface area (Å²) in [6.07, 6.45) is 2.34. The van der Waals surface area contributed by atoms with Gasteiger partial charge in [0.05, 0.1) is 4.90 Å². The first-order valence-electron chi connectivity index (χ1n) is 7.16. The van der Waals surface area contributed by atoms with E-state index in [2.05, 4.69) is 26.0 Å². The summed E-state index contributed by atoms with van der Waals surface area (Å²) in [5.41, 5.74) is 5.88. The van der Waals surface area contributed by atoms with Crippen molar-refractivity contribution in [3.8, 4) is 0 Å². The molecule has 130 valence electrons. The monoisotopic (exact) mass is 425 g/mol. The molecule has 1 amide bonds. The third kappa shape index (κ3) is 6.76. The van der Waals surface area contributed by atoms with E-state index in [9.17, 15) is 13.2 Å². The van der Waals surface area contributed by atoms with E-state index in [1.807, 2.05) is 0 Å². The van der Waals surface area contributed by atoms with Crippen molar-refractivity contribution in [2.45, 2.75) is 30.2 Å². The predicted octanol–water partition coefficient (Wildman–Crippen LogP) is 1.39. The Kier molecular flexibility index (Phi) is 7.96. The molecule has 1 aromatic carbocycles. The first kappa shape index (κ1) is 20.4. The van der Waals surface area contributed by atoms with E-state index in [4.69, 9.17) is 5.73 Å². The molecule has 0 aliphatic heterocycles. The number of nitrogens with one attached hydrogen (secondary N) is 2. The highest BCUT2D eigenvalue weighted by molar-refractivity contribution is 9.10. The Labute approximate surface area is 151 Å². The highest BCUT2D eigenvalue weighted by Gasteiger charge is 2.28. The molecule has 1 aliphatic carbocycles. The molecule has 9 heteroatoms. The van der Waals surface area contributed by atoms with Crippen molar-refractivity contribution in [1.82, 2.24) is 10.0 Å². The van der Waals surface area contributed by atoms with Gasteiger partial charge in [-0.15, -0.1) is 12.4 Å². The Morgan fingerprint density at radius 2 is 2.09 bits per heavy atom. The van der Waals surface area contributed by atoms with Gasteiger partial charge in [-0.1, -0.05) is 22.0 Å². The van der Waals surface area contributed by atoms with Crippen LogP contribution in [0.1, 0.15) is 19.3 Å². The van der Waals surface area contributed by atoms with Crippen molar-refractivity contribution in [3.63, 3.8) is 0 Å². The first-order valence-corrected chi connectivity index (χ1v) is 9.43. The Morgan fingerprint density at radius 1 is 1.39 bits per heavy atom. The average molecular weight is 427 g/mol. The van der Waals surface area contributed by atoms with E-state index in [0.717, 1.165) is 12.8 Å². The number of nitrogens with two attached hydrogens (primary N) is 1. The van der Waals surface area contributed by atoms with Gasteiger partial charge < -0.3 is 11.1 Å². The van der Waals surface area contributed by atoms with E-state index in [1.165, 1.54) is 12.1 Å². The summed E-state index contributed by atoms with van der Waals surface area (Å²) in [5.74, 6) is 0.323. The standard InChI is InChI=1S/C14H20BrN3O3S.ClH/c15-11-2-1-3-12(8-11)22(20,21)18-7-6-14(19)17-9-13(16)10-4-5-10;/h1-3,8,10,13,18H,4-7,9,16H2,(H,17,19);1H. The lowest BCUT2D eigenvalue weighted by Gasteiger charge is -2.12. The molecule has 1 unspecified atom stereocenters. The molecule has 1 saturated carbocycles. The molecule has 0 bridgehead atoms. The Hall–Kier alpha value is -0.670. The van der Waals surface area contributed by atoms with Crippen LogP contribution in [0.4, 0.5) is 0 Å². The van der Waals surface area contributed by atoms with Crippen LogP contribution in [0.2, 0.25) is 0 Å². The molecule has 1 aliphatic rings. The second-order valence-corrected chi connectivity index (χ2v) is 8.09. The van der Waals surface area contributed by atoms with Gasteiger partial charge in [0.25, 0.3) is 0 Å². The molecule has 1 atom stereocenters. The van der Waals surface area contributed by atoms with Crippen LogP contribution in [0, 0.1) is 5.92 Å². The van der Waals surface area contributed by atoms with Gasteiger partial charge in [-0.25, -0.2) is 13.1 Å². The van der Waals surface area contributed by atoms with Crippen LogP contribution in [-0.2, 0) is 14.8 Å². The van der Waals surface area contributed by atoms with Gasteiger partial charge in [0.15, 0.2) is 0 Å². The fourth-order valence-electron chi connectivity index (χ4n) is 2.03. The number of halogens is 2. The van der Waals surface area contributed by atoms with Crippen LogP contribution < -0.4 is 15.8 Å². The van der Waals surface area contributed by atoms with Gasteiger partial charge in [0, 0.05) is 30.0 Å². The molecule has 4 N–H and O–H groups in total. The Balaban J connectivity index is 0.00000264. The molecule has 0 spiro atoms. The van der Waals surface area contributed by atoms with E-state index in [-0.39, 0.29) is 42.2 Å². The van der Waals surface area contributed by atoms with Gasteiger partial charge in [0.2, 0.25) is 15.9 Å². The van der Waals surface area contributed by atoms with Gasteiger partial charge in [-0.3, -0.25) is 4.79 Å². The van der Waals surface area contributed by atoms with Crippen LogP contribution in [-0.4, -0.2) is 33.5 Å². The van der Waals surface area contributed by atoms with Gasteiger partial charge in [0.1, 0.15) is 0 Å². The minimum absolute atomic E-state index is 0. The summed E-state index contributed by atoms with van der Waals surface area (Å²) in [4.78, 5) is 11.8. The fourth-order valence-corrected chi connectivity index (χ4v) is 3.66. The molecule has 1 fully saturated rings. The van der Waals surface area contributed by atoms with Gasteiger partial charge in [-0.2, -0.15) is 0 Å². The minimum Gasteiger partial charge on any atom is -0.354 e. The van der Waals surface area contributed by atoms with Crippen LogP contribution in [0.25, 0.3) is 0 Å². The zero-order chi connectivity index (χ0) is 16.2. The number of sulfonamides is 1. The van der Waals surface area contributed by atoms with Crippen molar-refractivity contribution in [2.24, 2.45) is 11.7 Å². The number of carbonyl (C=O) groups is 1. The predicted molar refractivity (Wildman–Crippen MR) is 94.9 cm³/mol. The molecule has 23 heavy (non-hydrogen) atoms. The summed E-state index contributed by atoms with van der Waals surface area (Å²) < 4.78 is 27.2. The summed E-state index contributed by atoms with van der Waals surface area (Å²) in [6, 6.07) is 6.40.